The van der Waals surface area contributed by atoms with Crippen molar-refractivity contribution in [3.05, 3.63) is 94.6 Å². The van der Waals surface area contributed by atoms with Gasteiger partial charge in [-0.05, 0) is 44.4 Å². The molecule has 1 saturated heterocycles. The van der Waals surface area contributed by atoms with Crippen LogP contribution in [0.5, 0.6) is 0 Å². The molecule has 0 saturated carbocycles. The van der Waals surface area contributed by atoms with Crippen LogP contribution in [-0.2, 0) is 16.1 Å². The number of carbonyl (C=O) groups is 2. The summed E-state index contributed by atoms with van der Waals surface area (Å²) >= 11 is 0. The van der Waals surface area contributed by atoms with Crippen molar-refractivity contribution in [3.63, 3.8) is 0 Å². The highest BCUT2D eigenvalue weighted by molar-refractivity contribution is 6.46. The van der Waals surface area contributed by atoms with Gasteiger partial charge in [0.25, 0.3) is 11.7 Å². The Balaban J connectivity index is 1.76. The molecular formula is C26H27N3O3. The molecule has 4 rings (SSSR count). The van der Waals surface area contributed by atoms with Gasteiger partial charge in [-0.1, -0.05) is 47.5 Å². The first-order valence-electron chi connectivity index (χ1n) is 10.7. The predicted molar refractivity (Wildman–Crippen MR) is 123 cm³/mol. The van der Waals surface area contributed by atoms with Crippen LogP contribution in [0.2, 0.25) is 0 Å². The zero-order chi connectivity index (χ0) is 22.8. The smallest absolute Gasteiger partial charge is 0.295 e. The number of amides is 1. The van der Waals surface area contributed by atoms with Crippen molar-refractivity contribution in [1.82, 2.24) is 14.5 Å². The van der Waals surface area contributed by atoms with Crippen molar-refractivity contribution < 1.29 is 14.7 Å². The van der Waals surface area contributed by atoms with E-state index in [2.05, 4.69) is 4.98 Å². The number of aliphatic hydroxyl groups is 1. The Morgan fingerprint density at radius 3 is 2.41 bits per heavy atom. The summed E-state index contributed by atoms with van der Waals surface area (Å²) in [6.45, 7) is 6.88. The van der Waals surface area contributed by atoms with Gasteiger partial charge in [0.2, 0.25) is 0 Å². The number of likely N-dealkylation sites (tertiary alicyclic amines) is 1. The molecule has 0 spiro atoms. The van der Waals surface area contributed by atoms with E-state index in [0.717, 1.165) is 22.3 Å². The minimum Gasteiger partial charge on any atom is -0.507 e. The predicted octanol–water partition coefficient (Wildman–Crippen LogP) is 4.32. The minimum atomic E-state index is -0.642. The lowest BCUT2D eigenvalue weighted by Crippen LogP contribution is -2.31. The summed E-state index contributed by atoms with van der Waals surface area (Å²) in [4.78, 5) is 31.8. The Morgan fingerprint density at radius 1 is 1.00 bits per heavy atom. The number of aromatic nitrogens is 2. The van der Waals surface area contributed by atoms with E-state index in [0.29, 0.717) is 25.1 Å². The SMILES string of the molecule is Cc1ccc(C2/C(=C(\O)c3cc(C)ccc3C)C(=O)C(=O)N2CCCn2ccnc2)cc1. The van der Waals surface area contributed by atoms with Crippen molar-refractivity contribution in [2.24, 2.45) is 0 Å². The number of hydrogen-bond donors (Lipinski definition) is 1. The van der Waals surface area contributed by atoms with Gasteiger partial charge in [0, 0.05) is 31.0 Å². The molecule has 1 N–H and O–H groups in total. The Bertz CT molecular complexity index is 1180. The number of ketones is 1. The molecule has 0 aliphatic carbocycles. The molecule has 6 nitrogen and oxygen atoms in total. The highest BCUT2D eigenvalue weighted by Crippen LogP contribution is 2.40. The summed E-state index contributed by atoms with van der Waals surface area (Å²) in [6.07, 6.45) is 5.97. The van der Waals surface area contributed by atoms with Gasteiger partial charge in [0.05, 0.1) is 17.9 Å². The van der Waals surface area contributed by atoms with Gasteiger partial charge in [-0.3, -0.25) is 9.59 Å². The van der Waals surface area contributed by atoms with Crippen molar-refractivity contribution in [1.29, 1.82) is 0 Å². The van der Waals surface area contributed by atoms with Crippen molar-refractivity contribution in [2.75, 3.05) is 6.54 Å². The van der Waals surface area contributed by atoms with Crippen LogP contribution in [0, 0.1) is 20.8 Å². The summed E-state index contributed by atoms with van der Waals surface area (Å²) < 4.78 is 1.94. The van der Waals surface area contributed by atoms with Crippen molar-refractivity contribution in [3.8, 4) is 0 Å². The van der Waals surface area contributed by atoms with E-state index in [4.69, 9.17) is 0 Å². The monoisotopic (exact) mass is 429 g/mol. The number of aliphatic hydroxyl groups excluding tert-OH is 1. The molecule has 1 amide bonds. The van der Waals surface area contributed by atoms with Crippen LogP contribution in [0.25, 0.3) is 5.76 Å². The third kappa shape index (κ3) is 4.08. The first-order valence-corrected chi connectivity index (χ1v) is 10.7. The van der Waals surface area contributed by atoms with Crippen LogP contribution >= 0.6 is 0 Å². The zero-order valence-corrected chi connectivity index (χ0v) is 18.6. The first-order chi connectivity index (χ1) is 15.4. The van der Waals surface area contributed by atoms with Crippen LogP contribution in [0.4, 0.5) is 0 Å². The minimum absolute atomic E-state index is 0.118. The first kappa shape index (κ1) is 21.6. The number of hydrogen-bond acceptors (Lipinski definition) is 4. The summed E-state index contributed by atoms with van der Waals surface area (Å²) in [7, 11) is 0. The lowest BCUT2D eigenvalue weighted by Gasteiger charge is -2.25. The molecular weight excluding hydrogens is 402 g/mol. The molecule has 164 valence electrons. The molecule has 2 aromatic carbocycles. The molecule has 1 aromatic heterocycles. The summed E-state index contributed by atoms with van der Waals surface area (Å²) in [5, 5.41) is 11.3. The number of Topliss-reactive ketones (excluding diaryl/α,β-unsaturated/α-hetero) is 1. The standard InChI is InChI=1S/C26H27N3O3/c1-17-6-9-20(10-7-17)23-22(24(30)21-15-18(2)5-8-19(21)3)25(31)26(32)29(23)13-4-12-28-14-11-27-16-28/h5-11,14-16,23,30H,4,12-13H2,1-3H3/b24-22+. The van der Waals surface area contributed by atoms with Crippen molar-refractivity contribution in [2.45, 2.75) is 39.8 Å². The number of rotatable bonds is 6. The number of carbonyl (C=O) groups excluding carboxylic acids is 2. The summed E-state index contributed by atoms with van der Waals surface area (Å²) in [5.74, 6) is -1.34. The van der Waals surface area contributed by atoms with Gasteiger partial charge < -0.3 is 14.6 Å². The summed E-state index contributed by atoms with van der Waals surface area (Å²) in [6, 6.07) is 12.8. The van der Waals surface area contributed by atoms with Gasteiger partial charge in [-0.2, -0.15) is 0 Å². The van der Waals surface area contributed by atoms with E-state index >= 15 is 0 Å². The van der Waals surface area contributed by atoms with Crippen LogP contribution in [0.3, 0.4) is 0 Å². The van der Waals surface area contributed by atoms with Crippen LogP contribution in [0.1, 0.15) is 40.3 Å². The Morgan fingerprint density at radius 2 is 1.72 bits per heavy atom. The number of benzene rings is 2. The number of aryl methyl sites for hydroxylation is 4. The molecule has 32 heavy (non-hydrogen) atoms. The van der Waals surface area contributed by atoms with Gasteiger partial charge in [-0.15, -0.1) is 0 Å². The number of imidazole rings is 1. The van der Waals surface area contributed by atoms with Gasteiger partial charge in [0.1, 0.15) is 5.76 Å². The Hall–Kier alpha value is -3.67. The Labute approximate surface area is 187 Å². The third-order valence-electron chi connectivity index (χ3n) is 5.96. The maximum Gasteiger partial charge on any atom is 0.295 e. The van der Waals surface area contributed by atoms with Crippen LogP contribution in [-0.4, -0.2) is 37.8 Å². The van der Waals surface area contributed by atoms with Gasteiger partial charge in [0.15, 0.2) is 0 Å². The highest BCUT2D eigenvalue weighted by Gasteiger charge is 2.45. The molecule has 0 bridgehead atoms. The average molecular weight is 430 g/mol. The van der Waals surface area contributed by atoms with Crippen molar-refractivity contribution >= 4 is 17.4 Å². The molecule has 1 unspecified atom stereocenters. The second kappa shape index (κ2) is 8.83. The molecule has 1 atom stereocenters. The lowest BCUT2D eigenvalue weighted by atomic mass is 9.93. The fourth-order valence-electron chi connectivity index (χ4n) is 4.18. The average Bonchev–Trinajstić information content (AvgIpc) is 3.38. The molecule has 1 aliphatic heterocycles. The molecule has 1 aliphatic rings. The topological polar surface area (TPSA) is 75.4 Å². The lowest BCUT2D eigenvalue weighted by molar-refractivity contribution is -0.139. The molecule has 2 heterocycles. The van der Waals surface area contributed by atoms with Gasteiger partial charge >= 0.3 is 0 Å². The van der Waals surface area contributed by atoms with E-state index < -0.39 is 17.7 Å². The fourth-order valence-corrected chi connectivity index (χ4v) is 4.18. The largest absolute Gasteiger partial charge is 0.507 e. The zero-order valence-electron chi connectivity index (χ0n) is 18.6. The second-order valence-electron chi connectivity index (χ2n) is 8.38. The van der Waals surface area contributed by atoms with E-state index in [-0.39, 0.29) is 11.3 Å². The molecule has 3 aromatic rings. The molecule has 0 radical (unpaired) electrons. The van der Waals surface area contributed by atoms with E-state index in [9.17, 15) is 14.7 Å². The second-order valence-corrected chi connectivity index (χ2v) is 8.38. The molecule has 1 fully saturated rings. The van der Waals surface area contributed by atoms with E-state index in [1.165, 1.54) is 0 Å². The Kier molecular flexibility index (Phi) is 5.95. The quantitative estimate of drug-likeness (QED) is 0.360. The fraction of sp³-hybridized carbons (Fsp3) is 0.269. The molecule has 6 heteroatoms. The normalized spacial score (nSPS) is 17.8. The van der Waals surface area contributed by atoms with Crippen LogP contribution in [0.15, 0.2) is 66.8 Å². The van der Waals surface area contributed by atoms with E-state index in [1.54, 1.807) is 17.4 Å². The van der Waals surface area contributed by atoms with Crippen LogP contribution < -0.4 is 0 Å². The maximum absolute atomic E-state index is 13.1. The van der Waals surface area contributed by atoms with E-state index in [1.807, 2.05) is 74.0 Å². The maximum atomic E-state index is 13.1. The highest BCUT2D eigenvalue weighted by atomic mass is 16.3. The van der Waals surface area contributed by atoms with Gasteiger partial charge in [-0.25, -0.2) is 4.98 Å². The number of nitrogens with zero attached hydrogens (tertiary/aromatic N) is 3. The third-order valence-corrected chi connectivity index (χ3v) is 5.96. The summed E-state index contributed by atoms with van der Waals surface area (Å²) in [5.41, 5.74) is 4.44.